The van der Waals surface area contributed by atoms with E-state index in [1.54, 1.807) is 36.1 Å². The van der Waals surface area contributed by atoms with Crippen molar-refractivity contribution in [3.8, 4) is 5.75 Å². The van der Waals surface area contributed by atoms with Crippen LogP contribution in [-0.4, -0.2) is 40.7 Å². The fourth-order valence-electron chi connectivity index (χ4n) is 2.79. The van der Waals surface area contributed by atoms with Crippen molar-refractivity contribution in [2.45, 2.75) is 6.04 Å². The molecular formula is C21H23FN4O2. The van der Waals surface area contributed by atoms with E-state index in [1.165, 1.54) is 17.0 Å². The van der Waals surface area contributed by atoms with Gasteiger partial charge in [-0.05, 0) is 29.8 Å². The van der Waals surface area contributed by atoms with Gasteiger partial charge in [0.15, 0.2) is 0 Å². The molecule has 0 saturated carbocycles. The normalized spacial score (nSPS) is 11.7. The van der Waals surface area contributed by atoms with Crippen LogP contribution in [0, 0.1) is 5.82 Å². The minimum absolute atomic E-state index is 0.297. The van der Waals surface area contributed by atoms with Crippen LogP contribution in [0.1, 0.15) is 17.4 Å². The van der Waals surface area contributed by atoms with Crippen LogP contribution in [0.25, 0.3) is 0 Å². The monoisotopic (exact) mass is 382 g/mol. The van der Waals surface area contributed by atoms with E-state index in [0.29, 0.717) is 24.5 Å². The lowest BCUT2D eigenvalue weighted by Crippen LogP contribution is -2.42. The van der Waals surface area contributed by atoms with Crippen LogP contribution in [0.3, 0.4) is 0 Å². The Morgan fingerprint density at radius 3 is 2.71 bits per heavy atom. The van der Waals surface area contributed by atoms with Crippen molar-refractivity contribution < 1.29 is 13.9 Å². The zero-order chi connectivity index (χ0) is 19.9. The van der Waals surface area contributed by atoms with Gasteiger partial charge >= 0.3 is 6.03 Å². The number of ether oxygens (including phenoxy) is 1. The number of aromatic nitrogens is 2. The van der Waals surface area contributed by atoms with Gasteiger partial charge in [-0.25, -0.2) is 14.2 Å². The minimum Gasteiger partial charge on any atom is -0.492 e. The van der Waals surface area contributed by atoms with Gasteiger partial charge in [0.1, 0.15) is 30.0 Å². The molecule has 1 unspecified atom stereocenters. The summed E-state index contributed by atoms with van der Waals surface area (Å²) in [5.41, 5.74) is 0.622. The zero-order valence-electron chi connectivity index (χ0n) is 15.9. The Kier molecular flexibility index (Phi) is 6.26. The zero-order valence-corrected chi connectivity index (χ0v) is 15.9. The molecule has 2 amide bonds. The third-order valence-electron chi connectivity index (χ3n) is 4.35. The molecule has 1 N–H and O–H groups in total. The van der Waals surface area contributed by atoms with E-state index >= 15 is 0 Å². The maximum absolute atomic E-state index is 13.7. The summed E-state index contributed by atoms with van der Waals surface area (Å²) in [7, 11) is 3.52. The van der Waals surface area contributed by atoms with Crippen molar-refractivity contribution in [2.24, 2.45) is 7.05 Å². The van der Waals surface area contributed by atoms with Crippen molar-refractivity contribution in [1.82, 2.24) is 19.8 Å². The summed E-state index contributed by atoms with van der Waals surface area (Å²) in [5.74, 6) is 1.01. The second-order valence-corrected chi connectivity index (χ2v) is 6.42. The van der Waals surface area contributed by atoms with Crippen molar-refractivity contribution in [2.75, 3.05) is 20.2 Å². The molecule has 3 aromatic rings. The Morgan fingerprint density at radius 2 is 2.04 bits per heavy atom. The highest BCUT2D eigenvalue weighted by molar-refractivity contribution is 5.74. The topological polar surface area (TPSA) is 59.4 Å². The number of benzene rings is 2. The number of hydrogen-bond donors (Lipinski definition) is 1. The lowest BCUT2D eigenvalue weighted by atomic mass is 10.1. The van der Waals surface area contributed by atoms with Gasteiger partial charge in [-0.15, -0.1) is 0 Å². The number of nitrogens with zero attached hydrogens (tertiary/aromatic N) is 3. The van der Waals surface area contributed by atoms with Crippen LogP contribution < -0.4 is 10.1 Å². The molecule has 2 aromatic carbocycles. The maximum Gasteiger partial charge on any atom is 0.318 e. The van der Waals surface area contributed by atoms with E-state index < -0.39 is 6.04 Å². The molecule has 0 aliphatic heterocycles. The molecule has 0 aliphatic carbocycles. The van der Waals surface area contributed by atoms with E-state index in [4.69, 9.17) is 4.74 Å². The predicted octanol–water partition coefficient (Wildman–Crippen LogP) is 3.37. The number of hydrogen-bond acceptors (Lipinski definition) is 3. The molecule has 3 rings (SSSR count). The maximum atomic E-state index is 13.7. The van der Waals surface area contributed by atoms with Crippen LogP contribution in [0.15, 0.2) is 67.0 Å². The van der Waals surface area contributed by atoms with Gasteiger partial charge < -0.3 is 19.5 Å². The summed E-state index contributed by atoms with van der Waals surface area (Å²) in [6.45, 7) is 0.762. The first-order chi connectivity index (χ1) is 13.5. The van der Waals surface area contributed by atoms with Gasteiger partial charge in [-0.1, -0.05) is 30.3 Å². The number of aryl methyl sites for hydroxylation is 1. The summed E-state index contributed by atoms with van der Waals surface area (Å²) < 4.78 is 21.2. The molecular weight excluding hydrogens is 359 g/mol. The van der Waals surface area contributed by atoms with E-state index in [-0.39, 0.29) is 11.8 Å². The number of carbonyl (C=O) groups excluding carboxylic acids is 1. The second kappa shape index (κ2) is 9.03. The average Bonchev–Trinajstić information content (AvgIpc) is 3.12. The van der Waals surface area contributed by atoms with Gasteiger partial charge in [0, 0.05) is 26.5 Å². The summed E-state index contributed by atoms with van der Waals surface area (Å²) in [4.78, 5) is 18.5. The summed E-state index contributed by atoms with van der Waals surface area (Å²) in [5, 5.41) is 2.93. The molecule has 0 radical (unpaired) electrons. The van der Waals surface area contributed by atoms with E-state index in [2.05, 4.69) is 10.3 Å². The van der Waals surface area contributed by atoms with Gasteiger partial charge in [-0.2, -0.15) is 0 Å². The Labute approximate surface area is 163 Å². The fourth-order valence-corrected chi connectivity index (χ4v) is 2.79. The van der Waals surface area contributed by atoms with Gasteiger partial charge in [0.05, 0.1) is 6.54 Å². The number of rotatable bonds is 7. The van der Waals surface area contributed by atoms with Crippen molar-refractivity contribution >= 4 is 6.03 Å². The molecule has 1 atom stereocenters. The Bertz CT molecular complexity index is 914. The molecule has 28 heavy (non-hydrogen) atoms. The van der Waals surface area contributed by atoms with Crippen molar-refractivity contribution in [3.05, 3.63) is 84.2 Å². The molecule has 0 spiro atoms. The molecule has 0 aliphatic rings. The first kappa shape index (κ1) is 19.4. The molecule has 1 heterocycles. The van der Waals surface area contributed by atoms with E-state index in [0.717, 1.165) is 5.75 Å². The van der Waals surface area contributed by atoms with Crippen LogP contribution in [0.2, 0.25) is 0 Å². The molecule has 6 nitrogen and oxygen atoms in total. The number of nitrogens with one attached hydrogen (secondary N) is 1. The van der Waals surface area contributed by atoms with Crippen LogP contribution in [0.4, 0.5) is 9.18 Å². The largest absolute Gasteiger partial charge is 0.492 e. The molecule has 0 fully saturated rings. The number of amides is 2. The first-order valence-electron chi connectivity index (χ1n) is 8.97. The van der Waals surface area contributed by atoms with Crippen LogP contribution in [0.5, 0.6) is 5.75 Å². The standard InChI is InChI=1S/C21H23FN4O2/c1-25-12-11-23-20(25)19(16-7-6-8-17(22)15-16)24-21(27)26(2)13-14-28-18-9-4-3-5-10-18/h3-12,15,19H,13-14H2,1-2H3,(H,24,27). The Balaban J connectivity index is 1.66. The number of imidazole rings is 1. The Hall–Kier alpha value is -3.35. The number of urea groups is 1. The van der Waals surface area contributed by atoms with Crippen molar-refractivity contribution in [1.29, 1.82) is 0 Å². The highest BCUT2D eigenvalue weighted by Crippen LogP contribution is 2.21. The predicted molar refractivity (Wildman–Crippen MR) is 105 cm³/mol. The summed E-state index contributed by atoms with van der Waals surface area (Å²) in [6.07, 6.45) is 3.43. The Morgan fingerprint density at radius 1 is 1.25 bits per heavy atom. The SMILES string of the molecule is CN(CCOc1ccccc1)C(=O)NC(c1cccc(F)c1)c1nccn1C. The number of halogens is 1. The lowest BCUT2D eigenvalue weighted by Gasteiger charge is -2.24. The number of likely N-dealkylation sites (N-methyl/N-ethyl adjacent to an activating group) is 1. The molecule has 0 bridgehead atoms. The second-order valence-electron chi connectivity index (χ2n) is 6.42. The number of carbonyl (C=O) groups is 1. The summed E-state index contributed by atoms with van der Waals surface area (Å²) >= 11 is 0. The molecule has 0 saturated heterocycles. The summed E-state index contributed by atoms with van der Waals surface area (Å²) in [6, 6.07) is 14.7. The number of para-hydroxylation sites is 1. The van der Waals surface area contributed by atoms with Crippen molar-refractivity contribution in [3.63, 3.8) is 0 Å². The molecule has 1 aromatic heterocycles. The van der Waals surface area contributed by atoms with Crippen LogP contribution >= 0.6 is 0 Å². The van der Waals surface area contributed by atoms with Gasteiger partial charge in [0.25, 0.3) is 0 Å². The average molecular weight is 382 g/mol. The third-order valence-corrected chi connectivity index (χ3v) is 4.35. The van der Waals surface area contributed by atoms with E-state index in [1.807, 2.05) is 37.4 Å². The highest BCUT2D eigenvalue weighted by atomic mass is 19.1. The molecule has 7 heteroatoms. The van der Waals surface area contributed by atoms with E-state index in [9.17, 15) is 9.18 Å². The fraction of sp³-hybridized carbons (Fsp3) is 0.238. The highest BCUT2D eigenvalue weighted by Gasteiger charge is 2.22. The van der Waals surface area contributed by atoms with Gasteiger partial charge in [-0.3, -0.25) is 0 Å². The quantitative estimate of drug-likeness (QED) is 0.682. The first-order valence-corrected chi connectivity index (χ1v) is 8.97. The third kappa shape index (κ3) is 4.88. The minimum atomic E-state index is -0.569. The van der Waals surface area contributed by atoms with Gasteiger partial charge in [0.2, 0.25) is 0 Å². The lowest BCUT2D eigenvalue weighted by molar-refractivity contribution is 0.192. The van der Waals surface area contributed by atoms with Crippen LogP contribution in [-0.2, 0) is 7.05 Å². The molecule has 146 valence electrons. The smallest absolute Gasteiger partial charge is 0.318 e.